The molecule has 1 aliphatic heterocycles. The topological polar surface area (TPSA) is 23.5 Å². The molecule has 1 N–H and O–H groups in total. The van der Waals surface area contributed by atoms with Crippen LogP contribution in [0.1, 0.15) is 35.6 Å². The van der Waals surface area contributed by atoms with Gasteiger partial charge in [0.1, 0.15) is 5.75 Å². The van der Waals surface area contributed by atoms with Crippen LogP contribution in [0.5, 0.6) is 5.75 Å². The summed E-state index contributed by atoms with van der Waals surface area (Å²) >= 11 is 3.53. The van der Waals surface area contributed by atoms with Crippen molar-refractivity contribution in [1.82, 2.24) is 4.90 Å². The van der Waals surface area contributed by atoms with Crippen molar-refractivity contribution >= 4 is 15.9 Å². The average molecular weight is 346 g/mol. The number of nitrogens with zero attached hydrogens (tertiary/aromatic N) is 1. The molecular weight excluding hydrogens is 326 g/mol. The zero-order valence-electron chi connectivity index (χ0n) is 12.2. The maximum atomic E-state index is 10.3. The van der Waals surface area contributed by atoms with Gasteiger partial charge in [-0.2, -0.15) is 0 Å². The van der Waals surface area contributed by atoms with Gasteiger partial charge >= 0.3 is 0 Å². The molecule has 1 fully saturated rings. The number of aryl methyl sites for hydroxylation is 1. The van der Waals surface area contributed by atoms with Crippen molar-refractivity contribution in [2.75, 3.05) is 6.54 Å². The third-order valence-electron chi connectivity index (χ3n) is 4.27. The zero-order chi connectivity index (χ0) is 14.8. The van der Waals surface area contributed by atoms with Crippen molar-refractivity contribution in [2.24, 2.45) is 0 Å². The highest BCUT2D eigenvalue weighted by molar-refractivity contribution is 9.10. The Labute approximate surface area is 134 Å². The summed E-state index contributed by atoms with van der Waals surface area (Å²) in [6, 6.07) is 15.1. The Morgan fingerprint density at radius 2 is 2.00 bits per heavy atom. The minimum absolute atomic E-state index is 0.428. The highest BCUT2D eigenvalue weighted by Crippen LogP contribution is 2.35. The van der Waals surface area contributed by atoms with E-state index in [0.717, 1.165) is 28.7 Å². The quantitative estimate of drug-likeness (QED) is 0.863. The van der Waals surface area contributed by atoms with Crippen LogP contribution in [0.2, 0.25) is 0 Å². The van der Waals surface area contributed by atoms with Crippen LogP contribution >= 0.6 is 15.9 Å². The number of halogens is 1. The molecule has 0 aliphatic carbocycles. The van der Waals surface area contributed by atoms with E-state index in [0.29, 0.717) is 11.8 Å². The van der Waals surface area contributed by atoms with Gasteiger partial charge in [-0.25, -0.2) is 0 Å². The van der Waals surface area contributed by atoms with Gasteiger partial charge in [-0.05, 0) is 49.6 Å². The molecule has 3 heteroatoms. The molecule has 0 amide bonds. The summed E-state index contributed by atoms with van der Waals surface area (Å²) in [5.41, 5.74) is 3.31. The van der Waals surface area contributed by atoms with Gasteiger partial charge in [-0.15, -0.1) is 0 Å². The monoisotopic (exact) mass is 345 g/mol. The second kappa shape index (κ2) is 6.20. The van der Waals surface area contributed by atoms with Gasteiger partial charge in [-0.3, -0.25) is 4.90 Å². The standard InChI is InChI=1S/C18H20BrNO/c1-13-10-16(19)11-15(18(13)21)12-20-9-5-8-17(20)14-6-3-2-4-7-14/h2-4,6-7,10-11,17,21H,5,8-9,12H2,1H3. The lowest BCUT2D eigenvalue weighted by atomic mass is 10.0. The maximum Gasteiger partial charge on any atom is 0.123 e. The van der Waals surface area contributed by atoms with Crippen molar-refractivity contribution in [3.8, 4) is 5.75 Å². The smallest absolute Gasteiger partial charge is 0.123 e. The third kappa shape index (κ3) is 3.14. The fraction of sp³-hybridized carbons (Fsp3) is 0.333. The van der Waals surface area contributed by atoms with Crippen LogP contribution in [0.3, 0.4) is 0 Å². The number of hydrogen-bond acceptors (Lipinski definition) is 2. The first-order valence-electron chi connectivity index (χ1n) is 7.42. The zero-order valence-corrected chi connectivity index (χ0v) is 13.8. The van der Waals surface area contributed by atoms with Crippen LogP contribution in [0.15, 0.2) is 46.9 Å². The SMILES string of the molecule is Cc1cc(Br)cc(CN2CCCC2c2ccccc2)c1O. The van der Waals surface area contributed by atoms with Crippen LogP contribution in [-0.4, -0.2) is 16.6 Å². The normalized spacial score (nSPS) is 19.0. The summed E-state index contributed by atoms with van der Waals surface area (Å²) in [5, 5.41) is 10.3. The Balaban J connectivity index is 1.84. The molecule has 3 rings (SSSR count). The van der Waals surface area contributed by atoms with Gasteiger partial charge in [0, 0.05) is 22.6 Å². The van der Waals surface area contributed by atoms with E-state index in [-0.39, 0.29) is 0 Å². The predicted molar refractivity (Wildman–Crippen MR) is 89.4 cm³/mol. The van der Waals surface area contributed by atoms with Crippen LogP contribution < -0.4 is 0 Å². The number of aromatic hydroxyl groups is 1. The molecule has 2 aromatic rings. The molecular formula is C18H20BrNO. The van der Waals surface area contributed by atoms with Crippen molar-refractivity contribution < 1.29 is 5.11 Å². The Bertz CT molecular complexity index is 627. The predicted octanol–water partition coefficient (Wildman–Crippen LogP) is 4.80. The van der Waals surface area contributed by atoms with Gasteiger partial charge in [0.2, 0.25) is 0 Å². The molecule has 0 spiro atoms. The summed E-state index contributed by atoms with van der Waals surface area (Å²) < 4.78 is 1.03. The van der Waals surface area contributed by atoms with E-state index < -0.39 is 0 Å². The van der Waals surface area contributed by atoms with Crippen molar-refractivity contribution in [2.45, 2.75) is 32.4 Å². The Morgan fingerprint density at radius 1 is 1.24 bits per heavy atom. The number of benzene rings is 2. The molecule has 0 saturated carbocycles. The molecule has 0 aromatic heterocycles. The van der Waals surface area contributed by atoms with E-state index in [1.165, 1.54) is 18.4 Å². The first-order chi connectivity index (χ1) is 10.1. The second-order valence-electron chi connectivity index (χ2n) is 5.77. The second-order valence-corrected chi connectivity index (χ2v) is 6.69. The van der Waals surface area contributed by atoms with E-state index in [1.54, 1.807) is 0 Å². The van der Waals surface area contributed by atoms with Gasteiger partial charge in [0.15, 0.2) is 0 Å². The lowest BCUT2D eigenvalue weighted by molar-refractivity contribution is 0.245. The molecule has 2 nitrogen and oxygen atoms in total. The van der Waals surface area contributed by atoms with Gasteiger partial charge in [-0.1, -0.05) is 46.3 Å². The summed E-state index contributed by atoms with van der Waals surface area (Å²) in [4.78, 5) is 2.47. The summed E-state index contributed by atoms with van der Waals surface area (Å²) in [7, 11) is 0. The van der Waals surface area contributed by atoms with Crippen LogP contribution in [0, 0.1) is 6.92 Å². The Morgan fingerprint density at radius 3 is 2.76 bits per heavy atom. The lowest BCUT2D eigenvalue weighted by Gasteiger charge is -2.25. The van der Waals surface area contributed by atoms with Gasteiger partial charge in [0.05, 0.1) is 0 Å². The Hall–Kier alpha value is -1.32. The maximum absolute atomic E-state index is 10.3. The fourth-order valence-corrected chi connectivity index (χ4v) is 3.83. The Kier molecular flexibility index (Phi) is 4.32. The summed E-state index contributed by atoms with van der Waals surface area (Å²) in [6.45, 7) is 3.83. The van der Waals surface area contributed by atoms with Crippen LogP contribution in [-0.2, 0) is 6.54 Å². The van der Waals surface area contributed by atoms with Crippen molar-refractivity contribution in [3.63, 3.8) is 0 Å². The highest BCUT2D eigenvalue weighted by Gasteiger charge is 2.26. The van der Waals surface area contributed by atoms with Gasteiger partial charge < -0.3 is 5.11 Å². The molecule has 2 aromatic carbocycles. The molecule has 1 unspecified atom stereocenters. The minimum Gasteiger partial charge on any atom is -0.507 e. The number of rotatable bonds is 3. The van der Waals surface area contributed by atoms with E-state index in [4.69, 9.17) is 0 Å². The van der Waals surface area contributed by atoms with E-state index in [2.05, 4.69) is 51.2 Å². The number of phenolic OH excluding ortho intramolecular Hbond substituents is 1. The third-order valence-corrected chi connectivity index (χ3v) is 4.72. The first-order valence-corrected chi connectivity index (χ1v) is 8.21. The van der Waals surface area contributed by atoms with Crippen LogP contribution in [0.4, 0.5) is 0 Å². The van der Waals surface area contributed by atoms with E-state index >= 15 is 0 Å². The molecule has 1 aliphatic rings. The van der Waals surface area contributed by atoms with Gasteiger partial charge in [0.25, 0.3) is 0 Å². The average Bonchev–Trinajstić information content (AvgIpc) is 2.93. The molecule has 21 heavy (non-hydrogen) atoms. The first kappa shape index (κ1) is 14.6. The highest BCUT2D eigenvalue weighted by atomic mass is 79.9. The molecule has 1 atom stereocenters. The van der Waals surface area contributed by atoms with E-state index in [1.807, 2.05) is 19.1 Å². The molecule has 1 saturated heterocycles. The fourth-order valence-electron chi connectivity index (χ4n) is 3.21. The van der Waals surface area contributed by atoms with Crippen molar-refractivity contribution in [3.05, 3.63) is 63.6 Å². The lowest BCUT2D eigenvalue weighted by Crippen LogP contribution is -2.22. The summed E-state index contributed by atoms with van der Waals surface area (Å²) in [5.74, 6) is 0.428. The largest absolute Gasteiger partial charge is 0.507 e. The number of phenols is 1. The molecule has 1 heterocycles. The van der Waals surface area contributed by atoms with Crippen LogP contribution in [0.25, 0.3) is 0 Å². The minimum atomic E-state index is 0.428. The van der Waals surface area contributed by atoms with E-state index in [9.17, 15) is 5.11 Å². The molecule has 110 valence electrons. The molecule has 0 radical (unpaired) electrons. The number of likely N-dealkylation sites (tertiary alicyclic amines) is 1. The number of hydrogen-bond donors (Lipinski definition) is 1. The van der Waals surface area contributed by atoms with Crippen molar-refractivity contribution in [1.29, 1.82) is 0 Å². The molecule has 0 bridgehead atoms. The summed E-state index contributed by atoms with van der Waals surface area (Å²) in [6.07, 6.45) is 2.41.